The second-order valence-electron chi connectivity index (χ2n) is 4.47. The number of carbonyl (C=O) groups is 1. The number of methoxy groups -OCH3 is 2. The second-order valence-corrected chi connectivity index (χ2v) is 4.47. The molecule has 1 aromatic rings. The molecule has 0 saturated carbocycles. The Morgan fingerprint density at radius 1 is 1.15 bits per heavy atom. The lowest BCUT2D eigenvalue weighted by atomic mass is 10.1. The van der Waals surface area contributed by atoms with Crippen LogP contribution in [0.25, 0.3) is 0 Å². The summed E-state index contributed by atoms with van der Waals surface area (Å²) in [7, 11) is 3.23. The molecule has 1 amide bonds. The van der Waals surface area contributed by atoms with E-state index in [1.54, 1.807) is 14.2 Å². The molecule has 0 unspecified atom stereocenters. The average molecular weight is 280 g/mol. The van der Waals surface area contributed by atoms with Crippen LogP contribution in [-0.2, 0) is 11.2 Å². The van der Waals surface area contributed by atoms with Crippen molar-refractivity contribution in [3.8, 4) is 11.5 Å². The molecule has 0 heterocycles. The highest BCUT2D eigenvalue weighted by Crippen LogP contribution is 2.27. The van der Waals surface area contributed by atoms with E-state index in [4.69, 9.17) is 9.47 Å². The second kappa shape index (κ2) is 9.20. The molecule has 1 rings (SSSR count). The number of hydrogen-bond acceptors (Lipinski definition) is 4. The fraction of sp³-hybridized carbons (Fsp3) is 0.533. The lowest BCUT2D eigenvalue weighted by Crippen LogP contribution is -2.35. The van der Waals surface area contributed by atoms with Gasteiger partial charge in [-0.1, -0.05) is 13.0 Å². The maximum atomic E-state index is 11.5. The highest BCUT2D eigenvalue weighted by Gasteiger charge is 2.05. The van der Waals surface area contributed by atoms with Gasteiger partial charge >= 0.3 is 0 Å². The lowest BCUT2D eigenvalue weighted by molar-refractivity contribution is -0.120. The van der Waals surface area contributed by atoms with Crippen molar-refractivity contribution in [1.82, 2.24) is 10.6 Å². The van der Waals surface area contributed by atoms with Gasteiger partial charge in [0.1, 0.15) is 0 Å². The van der Waals surface area contributed by atoms with Crippen LogP contribution in [-0.4, -0.2) is 39.8 Å². The molecule has 0 aliphatic heterocycles. The van der Waals surface area contributed by atoms with Crippen molar-refractivity contribution in [3.05, 3.63) is 23.8 Å². The number of hydrogen-bond donors (Lipinski definition) is 2. The highest BCUT2D eigenvalue weighted by molar-refractivity contribution is 5.77. The Morgan fingerprint density at radius 3 is 2.55 bits per heavy atom. The van der Waals surface area contributed by atoms with E-state index >= 15 is 0 Å². The molecule has 5 nitrogen and oxygen atoms in total. The Bertz CT molecular complexity index is 422. The first-order valence-electron chi connectivity index (χ1n) is 6.89. The van der Waals surface area contributed by atoms with E-state index in [0.29, 0.717) is 24.6 Å². The monoisotopic (exact) mass is 280 g/mol. The predicted octanol–water partition coefficient (Wildman–Crippen LogP) is 1.36. The summed E-state index contributed by atoms with van der Waals surface area (Å²) < 4.78 is 10.4. The number of rotatable bonds is 9. The van der Waals surface area contributed by atoms with Gasteiger partial charge in [0.25, 0.3) is 0 Å². The minimum absolute atomic E-state index is 0.0268. The van der Waals surface area contributed by atoms with Gasteiger partial charge in [0.05, 0.1) is 20.8 Å². The van der Waals surface area contributed by atoms with Gasteiger partial charge in [0, 0.05) is 6.54 Å². The van der Waals surface area contributed by atoms with E-state index < -0.39 is 0 Å². The Labute approximate surface area is 120 Å². The molecule has 0 bridgehead atoms. The van der Waals surface area contributed by atoms with E-state index in [9.17, 15) is 4.79 Å². The first-order chi connectivity index (χ1) is 9.71. The summed E-state index contributed by atoms with van der Waals surface area (Å²) in [5, 5.41) is 5.95. The summed E-state index contributed by atoms with van der Waals surface area (Å²) in [6.07, 6.45) is 1.79. The van der Waals surface area contributed by atoms with E-state index in [0.717, 1.165) is 24.9 Å². The summed E-state index contributed by atoms with van der Waals surface area (Å²) in [5.41, 5.74) is 1.10. The molecule has 0 spiro atoms. The summed E-state index contributed by atoms with van der Waals surface area (Å²) in [4.78, 5) is 11.5. The van der Waals surface area contributed by atoms with Gasteiger partial charge in [0.2, 0.25) is 5.91 Å². The number of amides is 1. The summed E-state index contributed by atoms with van der Waals surface area (Å²) in [6, 6.07) is 5.78. The zero-order valence-corrected chi connectivity index (χ0v) is 12.5. The molecule has 0 aliphatic rings. The largest absolute Gasteiger partial charge is 0.493 e. The van der Waals surface area contributed by atoms with E-state index in [2.05, 4.69) is 17.6 Å². The van der Waals surface area contributed by atoms with Crippen LogP contribution in [0.3, 0.4) is 0 Å². The van der Waals surface area contributed by atoms with Gasteiger partial charge in [-0.15, -0.1) is 0 Å². The average Bonchev–Trinajstić information content (AvgIpc) is 2.47. The minimum atomic E-state index is 0.0268. The summed E-state index contributed by atoms with van der Waals surface area (Å²) in [6.45, 7) is 3.92. The van der Waals surface area contributed by atoms with Gasteiger partial charge in [0.15, 0.2) is 11.5 Å². The van der Waals surface area contributed by atoms with Crippen LogP contribution in [0.5, 0.6) is 11.5 Å². The molecule has 0 aliphatic carbocycles. The minimum Gasteiger partial charge on any atom is -0.493 e. The maximum Gasteiger partial charge on any atom is 0.233 e. The van der Waals surface area contributed by atoms with E-state index in [1.165, 1.54) is 0 Å². The third-order valence-electron chi connectivity index (χ3n) is 2.90. The van der Waals surface area contributed by atoms with Crippen LogP contribution in [0.2, 0.25) is 0 Å². The smallest absolute Gasteiger partial charge is 0.233 e. The Balaban J connectivity index is 2.36. The van der Waals surface area contributed by atoms with E-state index in [-0.39, 0.29) is 5.91 Å². The van der Waals surface area contributed by atoms with Crippen LogP contribution in [0.15, 0.2) is 18.2 Å². The fourth-order valence-corrected chi connectivity index (χ4v) is 1.82. The fourth-order valence-electron chi connectivity index (χ4n) is 1.82. The molecule has 0 radical (unpaired) electrons. The molecule has 20 heavy (non-hydrogen) atoms. The number of ether oxygens (including phenoxy) is 2. The summed E-state index contributed by atoms with van der Waals surface area (Å²) in [5.74, 6) is 1.45. The number of carbonyl (C=O) groups excluding carboxylic acids is 1. The maximum absolute atomic E-state index is 11.5. The zero-order chi connectivity index (χ0) is 14.8. The number of benzene rings is 1. The zero-order valence-electron chi connectivity index (χ0n) is 12.5. The first-order valence-corrected chi connectivity index (χ1v) is 6.89. The van der Waals surface area contributed by atoms with Crippen LogP contribution >= 0.6 is 0 Å². The molecule has 2 N–H and O–H groups in total. The Kier molecular flexibility index (Phi) is 7.50. The molecule has 0 saturated heterocycles. The normalized spacial score (nSPS) is 10.2. The predicted molar refractivity (Wildman–Crippen MR) is 79.4 cm³/mol. The number of nitrogens with one attached hydrogen (secondary N) is 2. The van der Waals surface area contributed by atoms with Gasteiger partial charge in [-0.3, -0.25) is 4.79 Å². The van der Waals surface area contributed by atoms with Crippen molar-refractivity contribution in [2.45, 2.75) is 19.8 Å². The van der Waals surface area contributed by atoms with Gasteiger partial charge in [-0.2, -0.15) is 0 Å². The molecular weight excluding hydrogens is 256 g/mol. The van der Waals surface area contributed by atoms with Crippen molar-refractivity contribution in [1.29, 1.82) is 0 Å². The molecule has 0 fully saturated rings. The molecule has 5 heteroatoms. The van der Waals surface area contributed by atoms with Crippen molar-refractivity contribution >= 4 is 5.91 Å². The highest BCUT2D eigenvalue weighted by atomic mass is 16.5. The third kappa shape index (κ3) is 5.48. The summed E-state index contributed by atoms with van der Waals surface area (Å²) >= 11 is 0. The lowest BCUT2D eigenvalue weighted by Gasteiger charge is -2.10. The van der Waals surface area contributed by atoms with Gasteiger partial charge in [-0.05, 0) is 37.1 Å². The molecular formula is C15H24N2O3. The molecule has 1 aromatic carbocycles. The first kappa shape index (κ1) is 16.3. The topological polar surface area (TPSA) is 59.6 Å². The third-order valence-corrected chi connectivity index (χ3v) is 2.90. The quantitative estimate of drug-likeness (QED) is 0.671. The van der Waals surface area contributed by atoms with Crippen LogP contribution in [0, 0.1) is 0 Å². The Hall–Kier alpha value is -1.75. The SMILES string of the molecule is CCCNCC(=O)NCCc1ccc(OC)c(OC)c1. The molecule has 0 atom stereocenters. The van der Waals surface area contributed by atoms with Crippen molar-refractivity contribution in [3.63, 3.8) is 0 Å². The van der Waals surface area contributed by atoms with E-state index in [1.807, 2.05) is 18.2 Å². The van der Waals surface area contributed by atoms with Crippen LogP contribution < -0.4 is 20.1 Å². The molecule has 0 aromatic heterocycles. The van der Waals surface area contributed by atoms with Gasteiger partial charge < -0.3 is 20.1 Å². The van der Waals surface area contributed by atoms with Crippen molar-refractivity contribution in [2.75, 3.05) is 33.9 Å². The van der Waals surface area contributed by atoms with Gasteiger partial charge in [-0.25, -0.2) is 0 Å². The van der Waals surface area contributed by atoms with Crippen molar-refractivity contribution < 1.29 is 14.3 Å². The van der Waals surface area contributed by atoms with Crippen molar-refractivity contribution in [2.24, 2.45) is 0 Å². The molecule has 112 valence electrons. The van der Waals surface area contributed by atoms with Crippen LogP contribution in [0.4, 0.5) is 0 Å². The van der Waals surface area contributed by atoms with Crippen LogP contribution in [0.1, 0.15) is 18.9 Å². The Morgan fingerprint density at radius 2 is 1.90 bits per heavy atom. The standard InChI is InChI=1S/C15H24N2O3/c1-4-8-16-11-15(18)17-9-7-12-5-6-13(19-2)14(10-12)20-3/h5-6,10,16H,4,7-9,11H2,1-3H3,(H,17,18).